The number of para-hydroxylation sites is 1. The summed E-state index contributed by atoms with van der Waals surface area (Å²) in [5.74, 6) is 0.960. The van der Waals surface area contributed by atoms with Gasteiger partial charge in [0.1, 0.15) is 5.75 Å². The Bertz CT molecular complexity index is 614. The van der Waals surface area contributed by atoms with E-state index in [0.717, 1.165) is 31.6 Å². The van der Waals surface area contributed by atoms with Gasteiger partial charge in [0, 0.05) is 0 Å². The average molecular weight is 350 g/mol. The number of hydrogen-bond donors (Lipinski definition) is 3. The lowest BCUT2D eigenvalue weighted by atomic mass is 10.2. The highest BCUT2D eigenvalue weighted by atomic mass is 31.2. The Morgan fingerprint density at radius 2 is 1.42 bits per heavy atom. The van der Waals surface area contributed by atoms with E-state index in [-0.39, 0.29) is 0 Å². The predicted octanol–water partition coefficient (Wildman–Crippen LogP) is 4.02. The molecule has 0 atom stereocenters. The maximum atomic E-state index is 8.88. The van der Waals surface area contributed by atoms with Gasteiger partial charge in [-0.05, 0) is 37.0 Å². The topological polar surface area (TPSA) is 87.0 Å². The number of hydrogen-bond acceptors (Lipinski definition) is 2. The fraction of sp³-hybridized carbons (Fsp3) is 0.222. The second kappa shape index (κ2) is 11.6. The van der Waals surface area contributed by atoms with E-state index < -0.39 is 7.82 Å². The van der Waals surface area contributed by atoms with Crippen molar-refractivity contribution in [1.82, 2.24) is 0 Å². The summed E-state index contributed by atoms with van der Waals surface area (Å²) in [6.45, 7) is 0.795. The van der Waals surface area contributed by atoms with Gasteiger partial charge in [0.15, 0.2) is 0 Å². The van der Waals surface area contributed by atoms with Crippen LogP contribution in [-0.4, -0.2) is 21.3 Å². The predicted molar refractivity (Wildman–Crippen MR) is 95.5 cm³/mol. The van der Waals surface area contributed by atoms with Gasteiger partial charge in [0.25, 0.3) is 0 Å². The van der Waals surface area contributed by atoms with Gasteiger partial charge in [-0.25, -0.2) is 4.57 Å². The highest BCUT2D eigenvalue weighted by molar-refractivity contribution is 7.45. The van der Waals surface area contributed by atoms with Crippen molar-refractivity contribution in [1.29, 1.82) is 0 Å². The number of rotatable bonds is 7. The Kier molecular flexibility index (Phi) is 9.73. The van der Waals surface area contributed by atoms with Gasteiger partial charge in [-0.2, -0.15) is 0 Å². The van der Waals surface area contributed by atoms with Crippen LogP contribution in [-0.2, 0) is 4.57 Å². The molecular weight excluding hydrogens is 327 g/mol. The molecule has 0 amide bonds. The quantitative estimate of drug-likeness (QED) is 0.519. The summed E-state index contributed by atoms with van der Waals surface area (Å²) in [7, 11) is -4.64. The fourth-order valence-electron chi connectivity index (χ4n) is 1.85. The molecule has 130 valence electrons. The molecule has 0 radical (unpaired) electrons. The summed E-state index contributed by atoms with van der Waals surface area (Å²) >= 11 is 0. The Balaban J connectivity index is 0.000000505. The van der Waals surface area contributed by atoms with E-state index in [1.54, 1.807) is 0 Å². The van der Waals surface area contributed by atoms with E-state index >= 15 is 0 Å². The van der Waals surface area contributed by atoms with E-state index in [4.69, 9.17) is 24.0 Å². The van der Waals surface area contributed by atoms with Gasteiger partial charge in [-0.1, -0.05) is 60.7 Å². The van der Waals surface area contributed by atoms with Crippen LogP contribution >= 0.6 is 7.82 Å². The van der Waals surface area contributed by atoms with Crippen LogP contribution < -0.4 is 4.74 Å². The SMILES string of the molecule is C(=Cc1ccccc1)CCCCOc1ccccc1.O=P(O)(O)O. The highest BCUT2D eigenvalue weighted by Crippen LogP contribution is 2.25. The fourth-order valence-corrected chi connectivity index (χ4v) is 1.85. The maximum absolute atomic E-state index is 8.88. The molecule has 0 aromatic heterocycles. The van der Waals surface area contributed by atoms with E-state index in [9.17, 15) is 0 Å². The first-order valence-electron chi connectivity index (χ1n) is 7.63. The van der Waals surface area contributed by atoms with Crippen molar-refractivity contribution < 1.29 is 24.0 Å². The van der Waals surface area contributed by atoms with Gasteiger partial charge >= 0.3 is 7.82 Å². The number of ether oxygens (including phenoxy) is 1. The summed E-state index contributed by atoms with van der Waals surface area (Å²) < 4.78 is 14.5. The van der Waals surface area contributed by atoms with Crippen molar-refractivity contribution in [2.75, 3.05) is 6.61 Å². The first-order valence-corrected chi connectivity index (χ1v) is 9.19. The van der Waals surface area contributed by atoms with Gasteiger partial charge in [0.2, 0.25) is 0 Å². The summed E-state index contributed by atoms with van der Waals surface area (Å²) in [4.78, 5) is 21.6. The molecule has 0 aliphatic rings. The van der Waals surface area contributed by atoms with Crippen molar-refractivity contribution in [3.8, 4) is 5.75 Å². The van der Waals surface area contributed by atoms with Crippen LogP contribution in [0.25, 0.3) is 6.08 Å². The van der Waals surface area contributed by atoms with Crippen molar-refractivity contribution in [3.05, 3.63) is 72.3 Å². The third-order valence-electron chi connectivity index (χ3n) is 2.89. The molecule has 6 heteroatoms. The molecule has 2 rings (SSSR count). The van der Waals surface area contributed by atoms with Crippen LogP contribution in [0.1, 0.15) is 24.8 Å². The zero-order valence-corrected chi connectivity index (χ0v) is 14.3. The maximum Gasteiger partial charge on any atom is 0.466 e. The molecule has 0 heterocycles. The average Bonchev–Trinajstić information content (AvgIpc) is 2.54. The third kappa shape index (κ3) is 12.6. The minimum atomic E-state index is -4.64. The van der Waals surface area contributed by atoms with Crippen molar-refractivity contribution in [3.63, 3.8) is 0 Å². The smallest absolute Gasteiger partial charge is 0.466 e. The first kappa shape index (κ1) is 20.1. The lowest BCUT2D eigenvalue weighted by molar-refractivity contribution is 0.275. The highest BCUT2D eigenvalue weighted by Gasteiger charge is 2.00. The molecule has 0 fully saturated rings. The van der Waals surface area contributed by atoms with Crippen LogP contribution in [0.3, 0.4) is 0 Å². The van der Waals surface area contributed by atoms with E-state index in [1.165, 1.54) is 5.56 Å². The lowest BCUT2D eigenvalue weighted by Gasteiger charge is -2.04. The zero-order valence-electron chi connectivity index (χ0n) is 13.4. The van der Waals surface area contributed by atoms with Crippen LogP contribution in [0.5, 0.6) is 5.75 Å². The van der Waals surface area contributed by atoms with Crippen LogP contribution in [0.4, 0.5) is 0 Å². The summed E-state index contributed by atoms with van der Waals surface area (Å²) in [5.41, 5.74) is 1.27. The van der Waals surface area contributed by atoms with Gasteiger partial charge in [-0.15, -0.1) is 0 Å². The van der Waals surface area contributed by atoms with Crippen LogP contribution in [0.2, 0.25) is 0 Å². The van der Waals surface area contributed by atoms with Gasteiger partial charge < -0.3 is 19.4 Å². The minimum Gasteiger partial charge on any atom is -0.494 e. The van der Waals surface area contributed by atoms with Gasteiger partial charge in [0.05, 0.1) is 6.61 Å². The van der Waals surface area contributed by atoms with E-state index in [0.29, 0.717) is 0 Å². The molecule has 2 aromatic rings. The normalized spacial score (nSPS) is 11.0. The Morgan fingerprint density at radius 1 is 0.875 bits per heavy atom. The van der Waals surface area contributed by atoms with Crippen LogP contribution in [0.15, 0.2) is 66.7 Å². The Hall–Kier alpha value is -1.91. The zero-order chi connectivity index (χ0) is 17.7. The summed E-state index contributed by atoms with van der Waals surface area (Å²) in [5, 5.41) is 0. The van der Waals surface area contributed by atoms with Crippen molar-refractivity contribution in [2.24, 2.45) is 0 Å². The molecule has 0 saturated heterocycles. The molecule has 0 spiro atoms. The second-order valence-corrected chi connectivity index (χ2v) is 6.01. The molecule has 0 aliphatic heterocycles. The molecule has 0 bridgehead atoms. The molecular formula is C18H23O5P. The number of phosphoric acid groups is 1. The molecule has 24 heavy (non-hydrogen) atoms. The molecule has 2 aromatic carbocycles. The van der Waals surface area contributed by atoms with E-state index in [2.05, 4.69) is 36.4 Å². The largest absolute Gasteiger partial charge is 0.494 e. The molecule has 0 aliphatic carbocycles. The third-order valence-corrected chi connectivity index (χ3v) is 2.89. The minimum absolute atomic E-state index is 0.795. The number of unbranched alkanes of at least 4 members (excludes halogenated alkanes) is 2. The van der Waals surface area contributed by atoms with Crippen LogP contribution in [0, 0.1) is 0 Å². The van der Waals surface area contributed by atoms with Crippen molar-refractivity contribution in [2.45, 2.75) is 19.3 Å². The second-order valence-electron chi connectivity index (χ2n) is 4.98. The van der Waals surface area contributed by atoms with Crippen molar-refractivity contribution >= 4 is 13.9 Å². The summed E-state index contributed by atoms with van der Waals surface area (Å²) in [6.07, 6.45) is 7.77. The monoisotopic (exact) mass is 350 g/mol. The Morgan fingerprint density at radius 3 is 2.00 bits per heavy atom. The summed E-state index contributed by atoms with van der Waals surface area (Å²) in [6, 6.07) is 20.4. The van der Waals surface area contributed by atoms with Gasteiger partial charge in [-0.3, -0.25) is 0 Å². The number of allylic oxidation sites excluding steroid dienone is 1. The lowest BCUT2D eigenvalue weighted by Crippen LogP contribution is -1.96. The molecule has 5 nitrogen and oxygen atoms in total. The van der Waals surface area contributed by atoms with E-state index in [1.807, 2.05) is 36.4 Å². The Labute approximate surface area is 142 Å². The standard InChI is InChI=1S/C18H20O.H3O4P/c1(5-11-17-12-6-3-7-13-17)2-10-16-19-18-14-8-4-9-15-18;1-5(2,3)4/h3-9,11-15H,1-2,10,16H2;(H3,1,2,3,4). The number of benzene rings is 2. The molecule has 0 unspecified atom stereocenters. The molecule has 3 N–H and O–H groups in total. The molecule has 0 saturated carbocycles. The first-order chi connectivity index (χ1) is 11.4.